The maximum atomic E-state index is 13.0. The van der Waals surface area contributed by atoms with Crippen LogP contribution in [0.2, 0.25) is 5.02 Å². The number of nitrogens with one attached hydrogen (secondary N) is 2. The van der Waals surface area contributed by atoms with Gasteiger partial charge in [-0.2, -0.15) is 4.31 Å². The van der Waals surface area contributed by atoms with Crippen LogP contribution in [-0.2, 0) is 26.2 Å². The fourth-order valence-corrected chi connectivity index (χ4v) is 5.47. The maximum Gasteiger partial charge on any atom is 0.309 e. The van der Waals surface area contributed by atoms with Gasteiger partial charge in [0.25, 0.3) is 0 Å². The first-order valence-electron chi connectivity index (χ1n) is 10.3. The Kier molecular flexibility index (Phi) is 8.06. The predicted molar refractivity (Wildman–Crippen MR) is 119 cm³/mol. The Balaban J connectivity index is 1.50. The molecule has 2 N–H and O–H groups in total. The number of hydrogen-bond acceptors (Lipinski definition) is 4. The Labute approximate surface area is 187 Å². The lowest BCUT2D eigenvalue weighted by atomic mass is 10.0. The van der Waals surface area contributed by atoms with E-state index in [0.29, 0.717) is 18.0 Å². The van der Waals surface area contributed by atoms with Crippen LogP contribution < -0.4 is 10.6 Å². The van der Waals surface area contributed by atoms with Crippen molar-refractivity contribution in [1.82, 2.24) is 14.9 Å². The second kappa shape index (κ2) is 10.7. The summed E-state index contributed by atoms with van der Waals surface area (Å²) < 4.78 is 27.5. The number of piperidine rings is 1. The van der Waals surface area contributed by atoms with Crippen molar-refractivity contribution < 1.29 is 18.0 Å². The van der Waals surface area contributed by atoms with Crippen molar-refractivity contribution in [2.75, 3.05) is 13.1 Å². The minimum atomic E-state index is -3.59. The van der Waals surface area contributed by atoms with Crippen molar-refractivity contribution in [3.63, 3.8) is 0 Å². The molecule has 1 aliphatic rings. The molecule has 2 aromatic carbocycles. The number of benzene rings is 2. The molecule has 1 saturated heterocycles. The zero-order valence-electron chi connectivity index (χ0n) is 17.1. The molecule has 1 atom stereocenters. The van der Waals surface area contributed by atoms with Crippen molar-refractivity contribution in [3.8, 4) is 0 Å². The van der Waals surface area contributed by atoms with Gasteiger partial charge in [0, 0.05) is 30.7 Å². The Morgan fingerprint density at radius 3 is 2.35 bits per heavy atom. The summed E-state index contributed by atoms with van der Waals surface area (Å²) in [5.74, 6) is -1.46. The molecule has 0 bridgehead atoms. The maximum absolute atomic E-state index is 13.0. The lowest BCUT2D eigenvalue weighted by Crippen LogP contribution is -2.46. The molecule has 0 spiro atoms. The van der Waals surface area contributed by atoms with Gasteiger partial charge in [0.05, 0.1) is 4.90 Å². The first-order valence-corrected chi connectivity index (χ1v) is 12.1. The molecule has 2 aromatic rings. The predicted octanol–water partition coefficient (Wildman–Crippen LogP) is 2.71. The molecular weight excluding hydrogens is 438 g/mol. The van der Waals surface area contributed by atoms with Gasteiger partial charge in [-0.3, -0.25) is 9.59 Å². The van der Waals surface area contributed by atoms with Crippen LogP contribution >= 0.6 is 11.6 Å². The fraction of sp³-hybridized carbons (Fsp3) is 0.364. The van der Waals surface area contributed by atoms with Gasteiger partial charge in [-0.15, -0.1) is 0 Å². The number of carbonyl (C=O) groups is 2. The molecular formula is C22H26ClN3O4S. The van der Waals surface area contributed by atoms with Gasteiger partial charge >= 0.3 is 11.8 Å². The Bertz CT molecular complexity index is 997. The largest absolute Gasteiger partial charge is 0.348 e. The molecule has 1 fully saturated rings. The molecule has 2 amide bonds. The van der Waals surface area contributed by atoms with E-state index in [1.54, 1.807) is 54.6 Å². The molecule has 0 saturated carbocycles. The SMILES string of the molecule is O=C(NCC[C@H]1CCCCN1S(=O)(=O)c1ccccc1)C(=O)NCc1ccc(Cl)cc1. The first kappa shape index (κ1) is 23.2. The van der Waals surface area contributed by atoms with E-state index >= 15 is 0 Å². The number of hydrogen-bond donors (Lipinski definition) is 2. The van der Waals surface area contributed by atoms with E-state index in [-0.39, 0.29) is 24.0 Å². The molecule has 0 aliphatic carbocycles. The summed E-state index contributed by atoms with van der Waals surface area (Å²) in [6, 6.07) is 15.1. The van der Waals surface area contributed by atoms with Gasteiger partial charge in [0.15, 0.2) is 0 Å². The minimum absolute atomic E-state index is 0.212. The van der Waals surface area contributed by atoms with E-state index in [1.807, 2.05) is 0 Å². The lowest BCUT2D eigenvalue weighted by molar-refractivity contribution is -0.139. The van der Waals surface area contributed by atoms with E-state index in [2.05, 4.69) is 10.6 Å². The second-order valence-corrected chi connectivity index (χ2v) is 9.76. The van der Waals surface area contributed by atoms with Crippen LogP contribution in [0.15, 0.2) is 59.5 Å². The average molecular weight is 464 g/mol. The normalized spacial score (nSPS) is 17.1. The van der Waals surface area contributed by atoms with E-state index in [9.17, 15) is 18.0 Å². The highest BCUT2D eigenvalue weighted by Crippen LogP contribution is 2.26. The van der Waals surface area contributed by atoms with Crippen molar-refractivity contribution in [3.05, 3.63) is 65.2 Å². The van der Waals surface area contributed by atoms with Crippen molar-refractivity contribution in [1.29, 1.82) is 0 Å². The van der Waals surface area contributed by atoms with Gasteiger partial charge in [-0.25, -0.2) is 8.42 Å². The van der Waals surface area contributed by atoms with Crippen LogP contribution in [0, 0.1) is 0 Å². The molecule has 9 heteroatoms. The summed E-state index contributed by atoms with van der Waals surface area (Å²) in [6.07, 6.45) is 2.91. The van der Waals surface area contributed by atoms with Crippen molar-refractivity contribution in [2.45, 2.75) is 43.2 Å². The number of amides is 2. The van der Waals surface area contributed by atoms with Gasteiger partial charge in [-0.05, 0) is 49.1 Å². The topological polar surface area (TPSA) is 95.6 Å². The third-order valence-corrected chi connectivity index (χ3v) is 7.48. The first-order chi connectivity index (χ1) is 14.9. The smallest absolute Gasteiger partial charge is 0.309 e. The Hall–Kier alpha value is -2.42. The van der Waals surface area contributed by atoms with E-state index in [4.69, 9.17) is 11.6 Å². The summed E-state index contributed by atoms with van der Waals surface area (Å²) in [5.41, 5.74) is 0.828. The summed E-state index contributed by atoms with van der Waals surface area (Å²) in [5, 5.41) is 5.75. The van der Waals surface area contributed by atoms with Crippen LogP contribution in [-0.4, -0.2) is 43.7 Å². The number of rotatable bonds is 7. The molecule has 0 unspecified atom stereocenters. The molecule has 1 heterocycles. The lowest BCUT2D eigenvalue weighted by Gasteiger charge is -2.34. The molecule has 31 heavy (non-hydrogen) atoms. The van der Waals surface area contributed by atoms with Crippen molar-refractivity contribution in [2.24, 2.45) is 0 Å². The van der Waals surface area contributed by atoms with Crippen molar-refractivity contribution >= 4 is 33.4 Å². The summed E-state index contributed by atoms with van der Waals surface area (Å²) in [6.45, 7) is 0.894. The highest BCUT2D eigenvalue weighted by atomic mass is 35.5. The number of carbonyl (C=O) groups excluding carboxylic acids is 2. The molecule has 166 valence electrons. The fourth-order valence-electron chi connectivity index (χ4n) is 3.60. The average Bonchev–Trinajstić information content (AvgIpc) is 2.79. The monoisotopic (exact) mass is 463 g/mol. The molecule has 7 nitrogen and oxygen atoms in total. The van der Waals surface area contributed by atoms with Gasteiger partial charge in [-0.1, -0.05) is 48.4 Å². The van der Waals surface area contributed by atoms with Gasteiger partial charge in [0.1, 0.15) is 0 Å². The molecule has 1 aliphatic heterocycles. The van der Waals surface area contributed by atoms with Crippen LogP contribution in [0.25, 0.3) is 0 Å². The van der Waals surface area contributed by atoms with Gasteiger partial charge < -0.3 is 10.6 Å². The Morgan fingerprint density at radius 1 is 0.968 bits per heavy atom. The third kappa shape index (κ3) is 6.29. The number of nitrogens with zero attached hydrogens (tertiary/aromatic N) is 1. The minimum Gasteiger partial charge on any atom is -0.348 e. The third-order valence-electron chi connectivity index (χ3n) is 5.26. The molecule has 0 aromatic heterocycles. The Morgan fingerprint density at radius 2 is 1.65 bits per heavy atom. The van der Waals surface area contributed by atoms with E-state index in [0.717, 1.165) is 24.8 Å². The van der Waals surface area contributed by atoms with Crippen LogP contribution in [0.3, 0.4) is 0 Å². The van der Waals surface area contributed by atoms with E-state index < -0.39 is 21.8 Å². The number of sulfonamides is 1. The molecule has 0 radical (unpaired) electrons. The van der Waals surface area contributed by atoms with Gasteiger partial charge in [0.2, 0.25) is 10.0 Å². The van der Waals surface area contributed by atoms with E-state index in [1.165, 1.54) is 4.31 Å². The number of halogens is 1. The second-order valence-electron chi connectivity index (χ2n) is 7.43. The van der Waals surface area contributed by atoms with Crippen LogP contribution in [0.5, 0.6) is 0 Å². The van der Waals surface area contributed by atoms with Crippen LogP contribution in [0.4, 0.5) is 0 Å². The standard InChI is InChI=1S/C22H26ClN3O4S/c23-18-11-9-17(10-12-18)16-25-22(28)21(27)24-14-13-19-6-4-5-15-26(19)31(29,30)20-7-2-1-3-8-20/h1-3,7-12,19H,4-6,13-16H2,(H,24,27)(H,25,28)/t19-/m1/s1. The summed E-state index contributed by atoms with van der Waals surface area (Å²) in [7, 11) is -3.59. The zero-order chi connectivity index (χ0) is 22.3. The highest BCUT2D eigenvalue weighted by Gasteiger charge is 2.33. The quantitative estimate of drug-likeness (QED) is 0.617. The van der Waals surface area contributed by atoms with Crippen LogP contribution in [0.1, 0.15) is 31.2 Å². The summed E-state index contributed by atoms with van der Waals surface area (Å²) >= 11 is 5.83. The summed E-state index contributed by atoms with van der Waals surface area (Å²) in [4.78, 5) is 24.4. The molecule has 3 rings (SSSR count). The highest BCUT2D eigenvalue weighted by molar-refractivity contribution is 7.89. The zero-order valence-corrected chi connectivity index (χ0v) is 18.7.